The SMILES string of the molecule is CNC(=O)[C@H](c1ccccc1)N(Cc1ccc(Cl)cc1)C(=O)CCc1ccc(S(=O)(=O)N2CCCC2)cc1. The molecule has 38 heavy (non-hydrogen) atoms. The van der Waals surface area contributed by atoms with Crippen molar-refractivity contribution in [1.29, 1.82) is 0 Å². The average Bonchev–Trinajstić information content (AvgIpc) is 3.49. The molecule has 0 aromatic heterocycles. The summed E-state index contributed by atoms with van der Waals surface area (Å²) in [6.07, 6.45) is 2.33. The predicted octanol–water partition coefficient (Wildman–Crippen LogP) is 4.57. The molecule has 7 nitrogen and oxygen atoms in total. The van der Waals surface area contributed by atoms with Crippen molar-refractivity contribution in [3.63, 3.8) is 0 Å². The van der Waals surface area contributed by atoms with Gasteiger partial charge in [-0.1, -0.05) is 66.2 Å². The minimum Gasteiger partial charge on any atom is -0.357 e. The molecule has 1 aliphatic rings. The van der Waals surface area contributed by atoms with Crippen LogP contribution in [0.1, 0.15) is 42.0 Å². The first kappa shape index (κ1) is 27.8. The molecule has 0 bridgehead atoms. The number of sulfonamides is 1. The fourth-order valence-corrected chi connectivity index (χ4v) is 6.30. The monoisotopic (exact) mass is 553 g/mol. The van der Waals surface area contributed by atoms with Crippen LogP contribution in [0.2, 0.25) is 5.02 Å². The maximum absolute atomic E-state index is 13.6. The lowest BCUT2D eigenvalue weighted by Crippen LogP contribution is -2.42. The summed E-state index contributed by atoms with van der Waals surface area (Å²) in [7, 11) is -1.93. The standard InChI is InChI=1S/C29H32ClN3O4S/c1-31-29(35)28(24-7-3-2-4-8-24)33(21-23-9-14-25(30)15-10-23)27(34)18-13-22-11-16-26(17-12-22)38(36,37)32-19-5-6-20-32/h2-4,7-12,14-17,28H,5-6,13,18-21H2,1H3,(H,31,35)/t28-/m0/s1. The first-order valence-electron chi connectivity index (χ1n) is 12.7. The second kappa shape index (κ2) is 12.6. The molecule has 0 unspecified atom stereocenters. The van der Waals surface area contributed by atoms with Crippen molar-refractivity contribution >= 4 is 33.4 Å². The number of hydrogen-bond donors (Lipinski definition) is 1. The smallest absolute Gasteiger partial charge is 0.247 e. The second-order valence-electron chi connectivity index (χ2n) is 9.33. The Hall–Kier alpha value is -3.20. The van der Waals surface area contributed by atoms with E-state index in [1.165, 1.54) is 4.31 Å². The lowest BCUT2D eigenvalue weighted by Gasteiger charge is -2.31. The zero-order valence-electron chi connectivity index (χ0n) is 21.3. The molecular weight excluding hydrogens is 522 g/mol. The topological polar surface area (TPSA) is 86.8 Å². The molecule has 1 fully saturated rings. The number of rotatable bonds is 10. The zero-order chi connectivity index (χ0) is 27.1. The molecule has 0 aliphatic carbocycles. The number of likely N-dealkylation sites (N-methyl/N-ethyl adjacent to an activating group) is 1. The summed E-state index contributed by atoms with van der Waals surface area (Å²) in [5.41, 5.74) is 2.41. The molecule has 3 aromatic carbocycles. The van der Waals surface area contributed by atoms with E-state index in [0.717, 1.165) is 24.0 Å². The van der Waals surface area contributed by atoms with E-state index in [4.69, 9.17) is 11.6 Å². The fraction of sp³-hybridized carbons (Fsp3) is 0.310. The molecule has 3 aromatic rings. The number of nitrogens with zero attached hydrogens (tertiary/aromatic N) is 2. The molecule has 0 radical (unpaired) electrons. The third kappa shape index (κ3) is 6.62. The van der Waals surface area contributed by atoms with E-state index < -0.39 is 16.1 Å². The number of benzene rings is 3. The molecule has 1 aliphatic heterocycles. The van der Waals surface area contributed by atoms with Crippen molar-refractivity contribution < 1.29 is 18.0 Å². The number of halogens is 1. The number of amides is 2. The summed E-state index contributed by atoms with van der Waals surface area (Å²) in [6.45, 7) is 1.34. The van der Waals surface area contributed by atoms with E-state index in [9.17, 15) is 18.0 Å². The molecule has 1 saturated heterocycles. The van der Waals surface area contributed by atoms with Gasteiger partial charge in [0.2, 0.25) is 21.8 Å². The second-order valence-corrected chi connectivity index (χ2v) is 11.7. The molecule has 2 amide bonds. The van der Waals surface area contributed by atoms with Crippen LogP contribution in [0.4, 0.5) is 0 Å². The Morgan fingerprint density at radius 3 is 2.13 bits per heavy atom. The van der Waals surface area contributed by atoms with E-state index >= 15 is 0 Å². The maximum Gasteiger partial charge on any atom is 0.247 e. The predicted molar refractivity (Wildman–Crippen MR) is 148 cm³/mol. The first-order chi connectivity index (χ1) is 18.3. The minimum atomic E-state index is -3.49. The van der Waals surface area contributed by atoms with Gasteiger partial charge >= 0.3 is 0 Å². The fourth-order valence-electron chi connectivity index (χ4n) is 4.66. The molecule has 200 valence electrons. The highest BCUT2D eigenvalue weighted by Crippen LogP contribution is 2.26. The Kier molecular flexibility index (Phi) is 9.20. The van der Waals surface area contributed by atoms with Crippen LogP contribution in [-0.2, 0) is 32.6 Å². The normalized spacial score (nSPS) is 14.7. The molecular formula is C29H32ClN3O4S. The number of hydrogen-bond acceptors (Lipinski definition) is 4. The van der Waals surface area contributed by atoms with Gasteiger partial charge < -0.3 is 10.2 Å². The molecule has 4 rings (SSSR count). The summed E-state index contributed by atoms with van der Waals surface area (Å²) >= 11 is 6.05. The summed E-state index contributed by atoms with van der Waals surface area (Å²) in [5.74, 6) is -0.471. The summed E-state index contributed by atoms with van der Waals surface area (Å²) in [6, 6.07) is 22.3. The van der Waals surface area contributed by atoms with Crippen molar-refractivity contribution in [3.8, 4) is 0 Å². The van der Waals surface area contributed by atoms with Gasteiger partial charge in [0.15, 0.2) is 0 Å². The Balaban J connectivity index is 1.54. The first-order valence-corrected chi connectivity index (χ1v) is 14.5. The van der Waals surface area contributed by atoms with E-state index in [1.807, 2.05) is 42.5 Å². The van der Waals surface area contributed by atoms with Gasteiger partial charge in [0.05, 0.1) is 4.90 Å². The van der Waals surface area contributed by atoms with Crippen molar-refractivity contribution in [3.05, 3.63) is 101 Å². The van der Waals surface area contributed by atoms with Gasteiger partial charge in [-0.2, -0.15) is 4.31 Å². The molecule has 1 N–H and O–H groups in total. The van der Waals surface area contributed by atoms with Gasteiger partial charge in [0.1, 0.15) is 6.04 Å². The van der Waals surface area contributed by atoms with E-state index in [-0.39, 0.29) is 29.7 Å². The van der Waals surface area contributed by atoms with Gasteiger partial charge in [-0.25, -0.2) is 8.42 Å². The number of aryl methyl sites for hydroxylation is 1. The van der Waals surface area contributed by atoms with Crippen LogP contribution in [0.15, 0.2) is 83.8 Å². The van der Waals surface area contributed by atoms with Crippen molar-refractivity contribution in [2.45, 2.75) is 43.2 Å². The Bertz CT molecular complexity index is 1340. The molecule has 1 heterocycles. The van der Waals surface area contributed by atoms with E-state index in [1.54, 1.807) is 48.3 Å². The minimum absolute atomic E-state index is 0.159. The maximum atomic E-state index is 13.6. The van der Waals surface area contributed by atoms with Gasteiger partial charge in [0.25, 0.3) is 0 Å². The van der Waals surface area contributed by atoms with Crippen LogP contribution in [-0.4, -0.2) is 49.6 Å². The molecule has 0 spiro atoms. The Labute approximate surface area is 229 Å². The summed E-state index contributed by atoms with van der Waals surface area (Å²) in [4.78, 5) is 28.5. The number of carbonyl (C=O) groups excluding carboxylic acids is 2. The van der Waals surface area contributed by atoms with Crippen LogP contribution < -0.4 is 5.32 Å². The van der Waals surface area contributed by atoms with Crippen molar-refractivity contribution in [1.82, 2.24) is 14.5 Å². The Morgan fingerprint density at radius 2 is 1.53 bits per heavy atom. The highest BCUT2D eigenvalue weighted by atomic mass is 35.5. The molecule has 1 atom stereocenters. The molecule has 9 heteroatoms. The number of nitrogens with one attached hydrogen (secondary N) is 1. The number of carbonyl (C=O) groups is 2. The van der Waals surface area contributed by atoms with E-state index in [0.29, 0.717) is 30.1 Å². The highest BCUT2D eigenvalue weighted by Gasteiger charge is 2.31. The lowest BCUT2D eigenvalue weighted by molar-refractivity contribution is -0.141. The summed E-state index contributed by atoms with van der Waals surface area (Å²) in [5, 5.41) is 3.29. The average molecular weight is 554 g/mol. The van der Waals surface area contributed by atoms with Gasteiger partial charge in [-0.05, 0) is 60.2 Å². The lowest BCUT2D eigenvalue weighted by atomic mass is 10.0. The zero-order valence-corrected chi connectivity index (χ0v) is 22.9. The third-order valence-electron chi connectivity index (χ3n) is 6.76. The van der Waals surface area contributed by atoms with Crippen LogP contribution in [0, 0.1) is 0 Å². The van der Waals surface area contributed by atoms with Crippen LogP contribution in [0.5, 0.6) is 0 Å². The van der Waals surface area contributed by atoms with Gasteiger partial charge in [-0.15, -0.1) is 0 Å². The van der Waals surface area contributed by atoms with Gasteiger partial charge in [-0.3, -0.25) is 9.59 Å². The highest BCUT2D eigenvalue weighted by molar-refractivity contribution is 7.89. The summed E-state index contributed by atoms with van der Waals surface area (Å²) < 4.78 is 27.2. The third-order valence-corrected chi connectivity index (χ3v) is 8.93. The van der Waals surface area contributed by atoms with Crippen molar-refractivity contribution in [2.24, 2.45) is 0 Å². The largest absolute Gasteiger partial charge is 0.357 e. The quantitative estimate of drug-likeness (QED) is 0.398. The van der Waals surface area contributed by atoms with Crippen LogP contribution in [0.3, 0.4) is 0 Å². The van der Waals surface area contributed by atoms with E-state index in [2.05, 4.69) is 5.32 Å². The van der Waals surface area contributed by atoms with Gasteiger partial charge in [0, 0.05) is 38.1 Å². The molecule has 0 saturated carbocycles. The van der Waals surface area contributed by atoms with Crippen LogP contribution >= 0.6 is 11.6 Å². The van der Waals surface area contributed by atoms with Crippen LogP contribution in [0.25, 0.3) is 0 Å². The Morgan fingerprint density at radius 1 is 0.921 bits per heavy atom. The van der Waals surface area contributed by atoms with Crippen molar-refractivity contribution in [2.75, 3.05) is 20.1 Å².